The fraction of sp³-hybridized carbons (Fsp3) is 0.400. The highest BCUT2D eigenvalue weighted by atomic mass is 35.5. The van der Waals surface area contributed by atoms with Crippen LogP contribution in [0.2, 0.25) is 0 Å². The van der Waals surface area contributed by atoms with E-state index in [9.17, 15) is 5.11 Å². The van der Waals surface area contributed by atoms with Crippen molar-refractivity contribution in [3.8, 4) is 5.75 Å². The molecule has 0 unspecified atom stereocenters. The fourth-order valence-electron chi connectivity index (χ4n) is 1.18. The molecule has 2 nitrogen and oxygen atoms in total. The van der Waals surface area contributed by atoms with Gasteiger partial charge < -0.3 is 9.84 Å². The molecular weight excluding hydrogens is 188 g/mol. The van der Waals surface area contributed by atoms with Crippen LogP contribution in [0.5, 0.6) is 5.75 Å². The molecule has 0 aliphatic heterocycles. The molecule has 0 bridgehead atoms. The lowest BCUT2D eigenvalue weighted by atomic mass is 10.1. The molecule has 0 amide bonds. The van der Waals surface area contributed by atoms with Gasteiger partial charge in [0.05, 0.1) is 19.1 Å². The summed E-state index contributed by atoms with van der Waals surface area (Å²) in [5.74, 6) is 0.868. The Balaban J connectivity index is 3.05. The summed E-state index contributed by atoms with van der Waals surface area (Å²) < 4.78 is 5.13. The lowest BCUT2D eigenvalue weighted by Gasteiger charge is -2.12. The Morgan fingerprint density at radius 2 is 2.23 bits per heavy atom. The van der Waals surface area contributed by atoms with Crippen molar-refractivity contribution in [2.24, 2.45) is 0 Å². The van der Waals surface area contributed by atoms with Crippen molar-refractivity contribution in [3.05, 3.63) is 29.3 Å². The van der Waals surface area contributed by atoms with Crippen LogP contribution in [0.25, 0.3) is 0 Å². The fourth-order valence-corrected chi connectivity index (χ4v) is 1.34. The Morgan fingerprint density at radius 3 is 2.77 bits per heavy atom. The molecule has 13 heavy (non-hydrogen) atoms. The molecule has 1 aromatic rings. The van der Waals surface area contributed by atoms with Gasteiger partial charge in [0.1, 0.15) is 5.75 Å². The first-order chi connectivity index (χ1) is 6.19. The van der Waals surface area contributed by atoms with Crippen LogP contribution in [0.3, 0.4) is 0 Å². The zero-order valence-corrected chi connectivity index (χ0v) is 8.51. The van der Waals surface area contributed by atoms with Crippen LogP contribution >= 0.6 is 11.6 Å². The minimum atomic E-state index is -0.655. The summed E-state index contributed by atoms with van der Waals surface area (Å²) in [6.07, 6.45) is -0.655. The average molecular weight is 201 g/mol. The van der Waals surface area contributed by atoms with E-state index >= 15 is 0 Å². The van der Waals surface area contributed by atoms with Crippen LogP contribution in [0.4, 0.5) is 0 Å². The number of benzene rings is 1. The van der Waals surface area contributed by atoms with Crippen LogP contribution in [0.1, 0.15) is 17.2 Å². The molecule has 1 rings (SSSR count). The van der Waals surface area contributed by atoms with E-state index in [1.807, 2.05) is 25.1 Å². The Bertz CT molecular complexity index is 286. The Labute approximate surface area is 83.1 Å². The van der Waals surface area contributed by atoms with Gasteiger partial charge in [0.2, 0.25) is 0 Å². The van der Waals surface area contributed by atoms with Crippen LogP contribution in [0.15, 0.2) is 18.2 Å². The van der Waals surface area contributed by atoms with E-state index in [4.69, 9.17) is 16.3 Å². The van der Waals surface area contributed by atoms with E-state index in [1.54, 1.807) is 7.11 Å². The first-order valence-corrected chi connectivity index (χ1v) is 4.61. The van der Waals surface area contributed by atoms with Crippen molar-refractivity contribution in [3.63, 3.8) is 0 Å². The van der Waals surface area contributed by atoms with Gasteiger partial charge in [-0.3, -0.25) is 0 Å². The monoisotopic (exact) mass is 200 g/mol. The number of alkyl halides is 1. The van der Waals surface area contributed by atoms with Gasteiger partial charge in [-0.1, -0.05) is 12.1 Å². The number of rotatable bonds is 3. The molecule has 72 valence electrons. The van der Waals surface area contributed by atoms with E-state index in [2.05, 4.69) is 0 Å². The normalized spacial score (nSPS) is 12.6. The molecule has 0 spiro atoms. The standard InChI is InChI=1S/C10H13ClO2/c1-7-3-4-8(9(12)6-11)10(5-7)13-2/h3-5,9,12H,6H2,1-2H3/t9-/m0/s1. The van der Waals surface area contributed by atoms with Gasteiger partial charge in [0.15, 0.2) is 0 Å². The summed E-state index contributed by atoms with van der Waals surface area (Å²) >= 11 is 5.55. The molecule has 1 atom stereocenters. The number of aliphatic hydroxyl groups is 1. The minimum absolute atomic E-state index is 0.180. The highest BCUT2D eigenvalue weighted by Crippen LogP contribution is 2.26. The zero-order chi connectivity index (χ0) is 9.84. The minimum Gasteiger partial charge on any atom is -0.496 e. The summed E-state index contributed by atoms with van der Waals surface area (Å²) in [5, 5.41) is 9.52. The second-order valence-electron chi connectivity index (χ2n) is 2.92. The predicted molar refractivity (Wildman–Crippen MR) is 53.4 cm³/mol. The lowest BCUT2D eigenvalue weighted by molar-refractivity contribution is 0.197. The number of ether oxygens (including phenoxy) is 1. The smallest absolute Gasteiger partial charge is 0.124 e. The van der Waals surface area contributed by atoms with Gasteiger partial charge in [-0.15, -0.1) is 11.6 Å². The Hall–Kier alpha value is -0.730. The molecule has 0 saturated heterocycles. The summed E-state index contributed by atoms with van der Waals surface area (Å²) in [4.78, 5) is 0. The van der Waals surface area contributed by atoms with Gasteiger partial charge in [-0.25, -0.2) is 0 Å². The van der Waals surface area contributed by atoms with E-state index < -0.39 is 6.10 Å². The number of aryl methyl sites for hydroxylation is 1. The Kier molecular flexibility index (Phi) is 3.58. The maximum absolute atomic E-state index is 9.52. The maximum atomic E-state index is 9.52. The molecule has 0 aliphatic carbocycles. The van der Waals surface area contributed by atoms with Crippen LogP contribution in [-0.4, -0.2) is 18.1 Å². The van der Waals surface area contributed by atoms with Gasteiger partial charge in [0, 0.05) is 5.56 Å². The highest BCUT2D eigenvalue weighted by molar-refractivity contribution is 6.18. The number of aliphatic hydroxyl groups excluding tert-OH is 1. The van der Waals surface area contributed by atoms with E-state index in [0.29, 0.717) is 5.75 Å². The summed E-state index contributed by atoms with van der Waals surface area (Å²) in [7, 11) is 1.58. The average Bonchev–Trinajstić information content (AvgIpc) is 2.16. The third kappa shape index (κ3) is 2.36. The van der Waals surface area contributed by atoms with Crippen LogP contribution < -0.4 is 4.74 Å². The SMILES string of the molecule is COc1cc(C)ccc1[C@@H](O)CCl. The van der Waals surface area contributed by atoms with Gasteiger partial charge in [0.25, 0.3) is 0 Å². The van der Waals surface area contributed by atoms with Crippen LogP contribution in [0, 0.1) is 6.92 Å². The molecular formula is C10H13ClO2. The van der Waals surface area contributed by atoms with Crippen molar-refractivity contribution < 1.29 is 9.84 Å². The lowest BCUT2D eigenvalue weighted by Crippen LogP contribution is -2.01. The second kappa shape index (κ2) is 4.49. The first-order valence-electron chi connectivity index (χ1n) is 4.07. The van der Waals surface area contributed by atoms with Gasteiger partial charge >= 0.3 is 0 Å². The van der Waals surface area contributed by atoms with Crippen molar-refractivity contribution in [2.45, 2.75) is 13.0 Å². The third-order valence-electron chi connectivity index (χ3n) is 1.89. The number of halogens is 1. The molecule has 3 heteroatoms. The Morgan fingerprint density at radius 1 is 1.54 bits per heavy atom. The van der Waals surface area contributed by atoms with Crippen molar-refractivity contribution >= 4 is 11.6 Å². The molecule has 1 N–H and O–H groups in total. The van der Waals surface area contributed by atoms with Crippen LogP contribution in [-0.2, 0) is 0 Å². The quantitative estimate of drug-likeness (QED) is 0.759. The topological polar surface area (TPSA) is 29.5 Å². The summed E-state index contributed by atoms with van der Waals surface area (Å²) in [5.41, 5.74) is 1.84. The van der Waals surface area contributed by atoms with Crippen molar-refractivity contribution in [1.29, 1.82) is 0 Å². The predicted octanol–water partition coefficient (Wildman–Crippen LogP) is 2.28. The number of hydrogen-bond acceptors (Lipinski definition) is 2. The number of methoxy groups -OCH3 is 1. The second-order valence-corrected chi connectivity index (χ2v) is 3.22. The summed E-state index contributed by atoms with van der Waals surface area (Å²) in [6.45, 7) is 1.97. The third-order valence-corrected chi connectivity index (χ3v) is 2.19. The van der Waals surface area contributed by atoms with Gasteiger partial charge in [-0.2, -0.15) is 0 Å². The van der Waals surface area contributed by atoms with Gasteiger partial charge in [-0.05, 0) is 18.6 Å². The molecule has 0 saturated carbocycles. The number of hydrogen-bond donors (Lipinski definition) is 1. The molecule has 0 heterocycles. The largest absolute Gasteiger partial charge is 0.496 e. The molecule has 0 aromatic heterocycles. The maximum Gasteiger partial charge on any atom is 0.124 e. The van der Waals surface area contributed by atoms with Crippen molar-refractivity contribution in [2.75, 3.05) is 13.0 Å². The first kappa shape index (κ1) is 10.4. The van der Waals surface area contributed by atoms with E-state index in [-0.39, 0.29) is 5.88 Å². The van der Waals surface area contributed by atoms with E-state index in [1.165, 1.54) is 0 Å². The molecule has 1 aromatic carbocycles. The zero-order valence-electron chi connectivity index (χ0n) is 7.75. The molecule has 0 aliphatic rings. The summed E-state index contributed by atoms with van der Waals surface area (Å²) in [6, 6.07) is 5.64. The van der Waals surface area contributed by atoms with Crippen molar-refractivity contribution in [1.82, 2.24) is 0 Å². The highest BCUT2D eigenvalue weighted by Gasteiger charge is 2.11. The van der Waals surface area contributed by atoms with E-state index in [0.717, 1.165) is 11.1 Å². The molecule has 0 radical (unpaired) electrons. The molecule has 0 fully saturated rings.